The van der Waals surface area contributed by atoms with E-state index >= 15 is 0 Å². The molecule has 70 valence electrons. The van der Waals surface area contributed by atoms with Crippen LogP contribution in [-0.2, 0) is 0 Å². The van der Waals surface area contributed by atoms with E-state index in [2.05, 4.69) is 0 Å². The van der Waals surface area contributed by atoms with E-state index in [-0.39, 0.29) is 17.5 Å². The number of para-hydroxylation sites is 1. The minimum absolute atomic E-state index is 0.0144. The first kappa shape index (κ1) is 9.78. The molecule has 1 N–H and O–H groups in total. The molecule has 0 fully saturated rings. The van der Waals surface area contributed by atoms with E-state index in [0.29, 0.717) is 5.56 Å². The molecule has 0 aliphatic carbocycles. The number of rotatable bonds is 3. The van der Waals surface area contributed by atoms with E-state index in [1.807, 2.05) is 13.8 Å². The van der Waals surface area contributed by atoms with E-state index < -0.39 is 0 Å². The van der Waals surface area contributed by atoms with Crippen LogP contribution in [-0.4, -0.2) is 10.9 Å². The van der Waals surface area contributed by atoms with E-state index in [0.717, 1.165) is 6.42 Å². The Hall–Kier alpha value is -1.31. The summed E-state index contributed by atoms with van der Waals surface area (Å²) in [7, 11) is 0. The van der Waals surface area contributed by atoms with E-state index in [1.54, 1.807) is 18.2 Å². The zero-order chi connectivity index (χ0) is 9.84. The van der Waals surface area contributed by atoms with Crippen LogP contribution in [0.15, 0.2) is 24.3 Å². The SMILES string of the molecule is CC[C@@H](C)C(=O)c1ccccc1O. The van der Waals surface area contributed by atoms with Crippen molar-refractivity contribution in [2.24, 2.45) is 5.92 Å². The Kier molecular flexibility index (Phi) is 3.07. The van der Waals surface area contributed by atoms with Crippen LogP contribution in [0.3, 0.4) is 0 Å². The van der Waals surface area contributed by atoms with Crippen molar-refractivity contribution in [1.29, 1.82) is 0 Å². The van der Waals surface area contributed by atoms with Crippen molar-refractivity contribution in [3.63, 3.8) is 0 Å². The number of Topliss-reactive ketones (excluding diaryl/α,β-unsaturated/α-hetero) is 1. The summed E-state index contributed by atoms with van der Waals surface area (Å²) in [5.74, 6) is 0.0710. The molecule has 2 heteroatoms. The minimum Gasteiger partial charge on any atom is -0.507 e. The minimum atomic E-state index is -0.0201. The fraction of sp³-hybridized carbons (Fsp3) is 0.364. The van der Waals surface area contributed by atoms with Gasteiger partial charge in [0.15, 0.2) is 5.78 Å². The highest BCUT2D eigenvalue weighted by Crippen LogP contribution is 2.20. The van der Waals surface area contributed by atoms with Crippen molar-refractivity contribution in [3.05, 3.63) is 29.8 Å². The molecule has 0 aliphatic rings. The molecular weight excluding hydrogens is 164 g/mol. The molecule has 1 aromatic rings. The second kappa shape index (κ2) is 4.08. The molecule has 0 spiro atoms. The van der Waals surface area contributed by atoms with Crippen molar-refractivity contribution in [3.8, 4) is 5.75 Å². The Morgan fingerprint density at radius 1 is 1.46 bits per heavy atom. The molecule has 13 heavy (non-hydrogen) atoms. The smallest absolute Gasteiger partial charge is 0.169 e. The molecule has 0 unspecified atom stereocenters. The molecule has 0 saturated heterocycles. The predicted octanol–water partition coefficient (Wildman–Crippen LogP) is 2.62. The number of aromatic hydroxyl groups is 1. The molecule has 0 heterocycles. The van der Waals surface area contributed by atoms with Crippen LogP contribution < -0.4 is 0 Å². The van der Waals surface area contributed by atoms with Gasteiger partial charge in [-0.15, -0.1) is 0 Å². The Morgan fingerprint density at radius 3 is 2.62 bits per heavy atom. The van der Waals surface area contributed by atoms with Crippen LogP contribution in [0, 0.1) is 5.92 Å². The van der Waals surface area contributed by atoms with Gasteiger partial charge in [0.2, 0.25) is 0 Å². The van der Waals surface area contributed by atoms with Gasteiger partial charge in [0.25, 0.3) is 0 Å². The summed E-state index contributed by atoms with van der Waals surface area (Å²) >= 11 is 0. The second-order valence-electron chi connectivity index (χ2n) is 3.19. The average Bonchev–Trinajstić information content (AvgIpc) is 2.16. The first-order valence-corrected chi connectivity index (χ1v) is 4.49. The number of benzene rings is 1. The molecule has 1 aromatic carbocycles. The molecular formula is C11H14O2. The van der Waals surface area contributed by atoms with Crippen LogP contribution >= 0.6 is 0 Å². The summed E-state index contributed by atoms with van der Waals surface area (Å²) in [5.41, 5.74) is 0.428. The Bertz CT molecular complexity index is 305. The number of hydrogen-bond acceptors (Lipinski definition) is 2. The highest BCUT2D eigenvalue weighted by atomic mass is 16.3. The van der Waals surface area contributed by atoms with Crippen molar-refractivity contribution < 1.29 is 9.90 Å². The first-order valence-electron chi connectivity index (χ1n) is 4.49. The maximum absolute atomic E-state index is 11.6. The fourth-order valence-electron chi connectivity index (χ4n) is 1.13. The van der Waals surface area contributed by atoms with Crippen molar-refractivity contribution in [2.75, 3.05) is 0 Å². The van der Waals surface area contributed by atoms with Crippen molar-refractivity contribution >= 4 is 5.78 Å². The van der Waals surface area contributed by atoms with Crippen molar-refractivity contribution in [1.82, 2.24) is 0 Å². The first-order chi connectivity index (χ1) is 6.16. The van der Waals surface area contributed by atoms with Crippen molar-refractivity contribution in [2.45, 2.75) is 20.3 Å². The van der Waals surface area contributed by atoms with E-state index in [1.165, 1.54) is 6.07 Å². The fourth-order valence-corrected chi connectivity index (χ4v) is 1.13. The predicted molar refractivity (Wildman–Crippen MR) is 51.9 cm³/mol. The van der Waals surface area contributed by atoms with Crippen LogP contribution in [0.1, 0.15) is 30.6 Å². The number of ketones is 1. The van der Waals surface area contributed by atoms with Crippen LogP contribution in [0.25, 0.3) is 0 Å². The lowest BCUT2D eigenvalue weighted by Crippen LogP contribution is -2.10. The number of phenols is 1. The van der Waals surface area contributed by atoms with Gasteiger partial charge in [-0.05, 0) is 18.6 Å². The molecule has 0 bridgehead atoms. The molecule has 0 radical (unpaired) electrons. The largest absolute Gasteiger partial charge is 0.507 e. The maximum Gasteiger partial charge on any atom is 0.169 e. The maximum atomic E-state index is 11.6. The van der Waals surface area contributed by atoms with Gasteiger partial charge in [0, 0.05) is 5.92 Å². The molecule has 0 aliphatic heterocycles. The van der Waals surface area contributed by atoms with Gasteiger partial charge in [-0.2, -0.15) is 0 Å². The zero-order valence-electron chi connectivity index (χ0n) is 7.95. The van der Waals surface area contributed by atoms with Gasteiger partial charge >= 0.3 is 0 Å². The lowest BCUT2D eigenvalue weighted by Gasteiger charge is -2.08. The summed E-state index contributed by atoms with van der Waals surface area (Å²) < 4.78 is 0. The van der Waals surface area contributed by atoms with Gasteiger partial charge in [0.05, 0.1) is 5.56 Å². The van der Waals surface area contributed by atoms with Gasteiger partial charge in [0.1, 0.15) is 5.75 Å². The summed E-state index contributed by atoms with van der Waals surface area (Å²) in [6.07, 6.45) is 0.799. The topological polar surface area (TPSA) is 37.3 Å². The third kappa shape index (κ3) is 2.08. The molecule has 0 aromatic heterocycles. The lowest BCUT2D eigenvalue weighted by atomic mass is 9.97. The standard InChI is InChI=1S/C11H14O2/c1-3-8(2)11(13)9-6-4-5-7-10(9)12/h4-8,12H,3H2,1-2H3/t8-/m1/s1. The molecule has 0 amide bonds. The average molecular weight is 178 g/mol. The molecule has 1 rings (SSSR count). The summed E-state index contributed by atoms with van der Waals surface area (Å²) in [4.78, 5) is 11.6. The van der Waals surface area contributed by atoms with Crippen LogP contribution in [0.4, 0.5) is 0 Å². The number of hydrogen-bond donors (Lipinski definition) is 1. The second-order valence-corrected chi connectivity index (χ2v) is 3.19. The molecule has 1 atom stereocenters. The van der Waals surface area contributed by atoms with E-state index in [4.69, 9.17) is 0 Å². The van der Waals surface area contributed by atoms with Gasteiger partial charge in [-0.25, -0.2) is 0 Å². The zero-order valence-corrected chi connectivity index (χ0v) is 7.95. The monoisotopic (exact) mass is 178 g/mol. The normalized spacial score (nSPS) is 12.5. The third-order valence-corrected chi connectivity index (χ3v) is 2.23. The van der Waals surface area contributed by atoms with Gasteiger partial charge < -0.3 is 5.11 Å². The Morgan fingerprint density at radius 2 is 2.08 bits per heavy atom. The van der Waals surface area contributed by atoms with Crippen LogP contribution in [0.5, 0.6) is 5.75 Å². The highest BCUT2D eigenvalue weighted by Gasteiger charge is 2.15. The van der Waals surface area contributed by atoms with Crippen LogP contribution in [0.2, 0.25) is 0 Å². The van der Waals surface area contributed by atoms with Gasteiger partial charge in [-0.1, -0.05) is 26.0 Å². The Labute approximate surface area is 78.2 Å². The number of carbonyl (C=O) groups excluding carboxylic acids is 1. The lowest BCUT2D eigenvalue weighted by molar-refractivity contribution is 0.0924. The Balaban J connectivity index is 2.95. The molecule has 0 saturated carbocycles. The summed E-state index contributed by atoms with van der Waals surface area (Å²) in [6, 6.07) is 6.66. The highest BCUT2D eigenvalue weighted by molar-refractivity contribution is 5.99. The summed E-state index contributed by atoms with van der Waals surface area (Å²) in [6.45, 7) is 3.83. The molecule has 2 nitrogen and oxygen atoms in total. The third-order valence-electron chi connectivity index (χ3n) is 2.23. The van der Waals surface area contributed by atoms with E-state index in [9.17, 15) is 9.90 Å². The number of carbonyl (C=O) groups is 1. The number of phenolic OH excluding ortho intramolecular Hbond substituents is 1. The quantitative estimate of drug-likeness (QED) is 0.722. The van der Waals surface area contributed by atoms with Gasteiger partial charge in [-0.3, -0.25) is 4.79 Å². The summed E-state index contributed by atoms with van der Waals surface area (Å²) in [5, 5.41) is 9.40.